The third-order valence-corrected chi connectivity index (χ3v) is 10.9. The molecule has 5 rings (SSSR count). The van der Waals surface area contributed by atoms with Crippen molar-refractivity contribution in [3.63, 3.8) is 0 Å². The van der Waals surface area contributed by atoms with Gasteiger partial charge in [-0.3, -0.25) is 14.3 Å². The van der Waals surface area contributed by atoms with Crippen molar-refractivity contribution >= 4 is 36.2 Å². The van der Waals surface area contributed by atoms with Crippen LogP contribution in [0, 0.1) is 11.9 Å². The Balaban J connectivity index is 0.000000908. The molecule has 0 radical (unpaired) electrons. The van der Waals surface area contributed by atoms with Crippen molar-refractivity contribution in [2.24, 2.45) is 5.92 Å². The highest BCUT2D eigenvalue weighted by Crippen LogP contribution is 2.35. The molecule has 2 N–H and O–H groups in total. The predicted molar refractivity (Wildman–Crippen MR) is 221 cm³/mol. The monoisotopic (exact) mass is 792 g/mol. The molecule has 2 aliphatic heterocycles. The summed E-state index contributed by atoms with van der Waals surface area (Å²) in [6, 6.07) is 8.81. The Morgan fingerprint density at radius 2 is 1.86 bits per heavy atom. The van der Waals surface area contributed by atoms with Gasteiger partial charge in [-0.2, -0.15) is 4.39 Å². The van der Waals surface area contributed by atoms with Gasteiger partial charge in [-0.15, -0.1) is 0 Å². The molecule has 0 bridgehead atoms. The van der Waals surface area contributed by atoms with Gasteiger partial charge in [0.15, 0.2) is 0 Å². The number of carbonyl (C=O) groups excluding carboxylic acids is 3. The highest BCUT2D eigenvalue weighted by atomic mass is 32.2. The second-order valence-electron chi connectivity index (χ2n) is 17.3. The first kappa shape index (κ1) is 44.5. The number of rotatable bonds is 12. The van der Waals surface area contributed by atoms with Gasteiger partial charge in [0.1, 0.15) is 23.1 Å². The number of halogens is 1. The molecular formula is C43H61FN6O5S. The van der Waals surface area contributed by atoms with Gasteiger partial charge in [0.05, 0.1) is 5.56 Å². The van der Waals surface area contributed by atoms with Crippen molar-refractivity contribution < 1.29 is 28.2 Å². The van der Waals surface area contributed by atoms with Crippen LogP contribution in [-0.2, 0) is 19.7 Å². The zero-order chi connectivity index (χ0) is 41.1. The number of anilines is 1. The van der Waals surface area contributed by atoms with Crippen molar-refractivity contribution in [1.82, 2.24) is 24.5 Å². The summed E-state index contributed by atoms with van der Waals surface area (Å²) in [6.45, 7) is 18.8. The van der Waals surface area contributed by atoms with Crippen LogP contribution in [0.1, 0.15) is 110 Å². The lowest BCUT2D eigenvalue weighted by Gasteiger charge is -2.31. The van der Waals surface area contributed by atoms with Crippen molar-refractivity contribution in [3.05, 3.63) is 83.0 Å². The van der Waals surface area contributed by atoms with E-state index in [9.17, 15) is 18.8 Å². The Morgan fingerprint density at radius 1 is 1.09 bits per heavy atom. The van der Waals surface area contributed by atoms with E-state index in [-0.39, 0.29) is 34.3 Å². The Hall–Kier alpha value is -4.23. The van der Waals surface area contributed by atoms with Crippen LogP contribution < -0.4 is 10.0 Å². The summed E-state index contributed by atoms with van der Waals surface area (Å²) in [6.07, 6.45) is 14.0. The Kier molecular flexibility index (Phi) is 15.7. The number of amides is 2. The molecule has 1 aliphatic carbocycles. The van der Waals surface area contributed by atoms with Gasteiger partial charge in [-0.1, -0.05) is 51.1 Å². The van der Waals surface area contributed by atoms with Crippen molar-refractivity contribution in [2.45, 2.75) is 122 Å². The first-order valence-electron chi connectivity index (χ1n) is 19.5. The first-order valence-corrected chi connectivity index (χ1v) is 20.3. The summed E-state index contributed by atoms with van der Waals surface area (Å²) in [5, 5.41) is 4.24. The molecule has 0 aromatic carbocycles. The molecule has 1 saturated heterocycles. The number of nitrogens with zero attached hydrogens (tertiary/aromatic N) is 4. The van der Waals surface area contributed by atoms with Crippen LogP contribution in [0.3, 0.4) is 0 Å². The number of carbonyl (C=O) groups is 3. The maximum atomic E-state index is 14.7. The van der Waals surface area contributed by atoms with Gasteiger partial charge in [0.25, 0.3) is 12.4 Å². The maximum absolute atomic E-state index is 14.7. The standard InChI is InChI=1S/C38H51FN6O3S.C5H10O2/c1-37(2,3)31-18-16-29(34(39)41-31)35(46)43-49-33-14-10-13-32(42-33)40-30(17-15-27-23-38(4,5)44(6)24-27)28-19-21-45(22-20-28)36(47)48-25-26-11-8-7-9-12-26;1-5(2,3)7-4-6/h8,10-14,16,18-19,27,30H,7,9,15,17,20-25H2,1-6H3,(H,40,42)(H,43,46);4H,1-3H3. The summed E-state index contributed by atoms with van der Waals surface area (Å²) in [7, 11) is 2.20. The zero-order valence-corrected chi connectivity index (χ0v) is 35.4. The molecule has 3 aliphatic rings. The fraction of sp³-hybridized carbons (Fsp3) is 0.558. The summed E-state index contributed by atoms with van der Waals surface area (Å²) in [5.41, 5.74) is 2.31. The van der Waals surface area contributed by atoms with E-state index in [0.29, 0.717) is 48.6 Å². The number of pyridine rings is 2. The molecule has 2 aromatic rings. The molecule has 0 spiro atoms. The second-order valence-corrected chi connectivity index (χ2v) is 18.2. The lowest BCUT2D eigenvalue weighted by atomic mass is 9.89. The molecule has 2 unspecified atom stereocenters. The second kappa shape index (κ2) is 19.8. The van der Waals surface area contributed by atoms with Gasteiger partial charge < -0.3 is 24.6 Å². The number of hydrogen-bond donors (Lipinski definition) is 2. The van der Waals surface area contributed by atoms with E-state index in [4.69, 9.17) is 9.72 Å². The predicted octanol–water partition coefficient (Wildman–Crippen LogP) is 8.64. The molecule has 2 amide bonds. The van der Waals surface area contributed by atoms with Crippen LogP contribution in [0.4, 0.5) is 15.0 Å². The highest BCUT2D eigenvalue weighted by Gasteiger charge is 2.36. The lowest BCUT2D eigenvalue weighted by Crippen LogP contribution is -2.38. The average Bonchev–Trinajstić information content (AvgIpc) is 3.41. The van der Waals surface area contributed by atoms with Crippen LogP contribution in [0.2, 0.25) is 0 Å². The van der Waals surface area contributed by atoms with Gasteiger partial charge in [-0.25, -0.2) is 14.8 Å². The molecule has 2 atom stereocenters. The van der Waals surface area contributed by atoms with Crippen LogP contribution in [-0.4, -0.2) is 88.7 Å². The number of ether oxygens (including phenoxy) is 2. The van der Waals surface area contributed by atoms with Gasteiger partial charge in [0.2, 0.25) is 5.95 Å². The van der Waals surface area contributed by atoms with Crippen LogP contribution in [0.15, 0.2) is 70.8 Å². The molecule has 306 valence electrons. The quantitative estimate of drug-likeness (QED) is 0.0934. The number of aromatic nitrogens is 2. The highest BCUT2D eigenvalue weighted by molar-refractivity contribution is 7.97. The number of hydrogen-bond acceptors (Lipinski definition) is 10. The smallest absolute Gasteiger partial charge is 0.410 e. The SMILES string of the molecule is CC(C)(C)OC=O.CN1CC(CCC(Nc2cccc(SNC(=O)c3ccc(C(C)(C)C)nc3F)n2)C2=CCN(C(=O)OCC3=CCCC=C3)CC2)CC1(C)C. The van der Waals surface area contributed by atoms with E-state index >= 15 is 0 Å². The Bertz CT molecular complexity index is 1770. The van der Waals surface area contributed by atoms with E-state index in [1.165, 1.54) is 11.6 Å². The lowest BCUT2D eigenvalue weighted by molar-refractivity contribution is -0.138. The molecule has 4 heterocycles. The number of likely N-dealkylation sites (tertiary alicyclic amines) is 1. The first-order chi connectivity index (χ1) is 26.3. The molecule has 13 heteroatoms. The topological polar surface area (TPSA) is 126 Å². The number of allylic oxidation sites excluding steroid dienone is 2. The minimum Gasteiger partial charge on any atom is -0.462 e. The normalized spacial score (nSPS) is 18.8. The van der Waals surface area contributed by atoms with Gasteiger partial charge in [-0.05, 0) is 122 Å². The van der Waals surface area contributed by atoms with Crippen molar-refractivity contribution in [1.29, 1.82) is 0 Å². The largest absolute Gasteiger partial charge is 0.462 e. The van der Waals surface area contributed by atoms with Gasteiger partial charge >= 0.3 is 6.09 Å². The van der Waals surface area contributed by atoms with Crippen LogP contribution in [0.5, 0.6) is 0 Å². The minimum atomic E-state index is -0.792. The summed E-state index contributed by atoms with van der Waals surface area (Å²) in [4.78, 5) is 48.3. The summed E-state index contributed by atoms with van der Waals surface area (Å²) >= 11 is 1.04. The van der Waals surface area contributed by atoms with E-state index in [2.05, 4.69) is 63.8 Å². The minimum absolute atomic E-state index is 0.0357. The van der Waals surface area contributed by atoms with Crippen LogP contribution >= 0.6 is 11.9 Å². The van der Waals surface area contributed by atoms with Gasteiger partial charge in [0, 0.05) is 54.3 Å². The maximum Gasteiger partial charge on any atom is 0.410 e. The molecule has 2 aromatic heterocycles. The van der Waals surface area contributed by atoms with Crippen molar-refractivity contribution in [2.75, 3.05) is 38.6 Å². The fourth-order valence-corrected chi connectivity index (χ4v) is 7.33. The molecule has 56 heavy (non-hydrogen) atoms. The fourth-order valence-electron chi connectivity index (χ4n) is 6.74. The third kappa shape index (κ3) is 13.8. The zero-order valence-electron chi connectivity index (χ0n) is 34.6. The summed E-state index contributed by atoms with van der Waals surface area (Å²) in [5.74, 6) is -0.0761. The average molecular weight is 793 g/mol. The molecule has 0 saturated carbocycles. The van der Waals surface area contributed by atoms with E-state index in [0.717, 1.165) is 62.6 Å². The summed E-state index contributed by atoms with van der Waals surface area (Å²) < 4.78 is 27.6. The van der Waals surface area contributed by atoms with E-state index in [1.807, 2.05) is 59.8 Å². The Morgan fingerprint density at radius 3 is 2.43 bits per heavy atom. The Labute approximate surface area is 337 Å². The molecule has 1 fully saturated rings. The molecular weight excluding hydrogens is 732 g/mol. The van der Waals surface area contributed by atoms with Crippen LogP contribution in [0.25, 0.3) is 0 Å². The number of nitrogens with one attached hydrogen (secondary N) is 2. The van der Waals surface area contributed by atoms with E-state index in [1.54, 1.807) is 17.0 Å². The molecule has 11 nitrogen and oxygen atoms in total. The van der Waals surface area contributed by atoms with E-state index < -0.39 is 11.9 Å². The van der Waals surface area contributed by atoms with Crippen molar-refractivity contribution in [3.8, 4) is 0 Å². The third-order valence-electron chi connectivity index (χ3n) is 10.2.